The molecule has 0 bridgehead atoms. The third-order valence-electron chi connectivity index (χ3n) is 3.07. The Morgan fingerprint density at radius 3 is 2.76 bits per heavy atom. The molecule has 1 heterocycles. The van der Waals surface area contributed by atoms with E-state index >= 15 is 0 Å². The Morgan fingerprint density at radius 2 is 2.00 bits per heavy atom. The minimum Gasteiger partial charge on any atom is -0.398 e. The number of aryl methyl sites for hydroxylation is 1. The fourth-order valence-electron chi connectivity index (χ4n) is 2.01. The lowest BCUT2D eigenvalue weighted by molar-refractivity contribution is 0.618. The number of rotatable bonds is 2. The fourth-order valence-corrected chi connectivity index (χ4v) is 2.26. The van der Waals surface area contributed by atoms with Crippen LogP contribution in [0.2, 0.25) is 0 Å². The first-order valence-corrected chi connectivity index (χ1v) is 6.96. The maximum absolute atomic E-state index is 13.7. The minimum absolute atomic E-state index is 0.383. The van der Waals surface area contributed by atoms with Crippen molar-refractivity contribution in [2.75, 3.05) is 5.73 Å². The van der Waals surface area contributed by atoms with Crippen molar-refractivity contribution < 1.29 is 4.39 Å². The van der Waals surface area contributed by atoms with E-state index in [9.17, 15) is 4.39 Å². The number of aromatic nitrogens is 4. The summed E-state index contributed by atoms with van der Waals surface area (Å²) in [6, 6.07) is 10.3. The molecule has 0 radical (unpaired) electrons. The maximum Gasteiger partial charge on any atom is 0.189 e. The van der Waals surface area contributed by atoms with E-state index in [2.05, 4.69) is 31.5 Å². The standard InChI is InChI=1S/C14H11BrFN5/c1-8-2-5-13(17)10(6-8)14-18-19-20-21(14)9-3-4-11(15)12(16)7-9/h2-7H,17H2,1H3. The molecule has 0 aliphatic carbocycles. The van der Waals surface area contributed by atoms with Gasteiger partial charge in [-0.15, -0.1) is 5.10 Å². The van der Waals surface area contributed by atoms with Crippen LogP contribution in [0.3, 0.4) is 0 Å². The molecule has 0 fully saturated rings. The van der Waals surface area contributed by atoms with E-state index in [1.807, 2.05) is 19.1 Å². The van der Waals surface area contributed by atoms with Gasteiger partial charge in [0.1, 0.15) is 5.82 Å². The summed E-state index contributed by atoms with van der Waals surface area (Å²) in [7, 11) is 0. The molecule has 3 aromatic rings. The first kappa shape index (κ1) is 13.7. The third kappa shape index (κ3) is 2.52. The predicted molar refractivity (Wildman–Crippen MR) is 81.4 cm³/mol. The van der Waals surface area contributed by atoms with Gasteiger partial charge in [-0.1, -0.05) is 11.6 Å². The average molecular weight is 348 g/mol. The molecule has 3 rings (SSSR count). The van der Waals surface area contributed by atoms with Crippen LogP contribution in [-0.2, 0) is 0 Å². The quantitative estimate of drug-likeness (QED) is 0.723. The largest absolute Gasteiger partial charge is 0.398 e. The lowest BCUT2D eigenvalue weighted by Crippen LogP contribution is -2.02. The van der Waals surface area contributed by atoms with E-state index in [1.54, 1.807) is 18.2 Å². The molecule has 21 heavy (non-hydrogen) atoms. The number of benzene rings is 2. The van der Waals surface area contributed by atoms with Gasteiger partial charge in [-0.2, -0.15) is 4.68 Å². The molecule has 0 saturated heterocycles. The summed E-state index contributed by atoms with van der Waals surface area (Å²) in [6.07, 6.45) is 0. The second-order valence-electron chi connectivity index (χ2n) is 4.60. The zero-order chi connectivity index (χ0) is 15.0. The predicted octanol–water partition coefficient (Wildman–Crippen LogP) is 3.12. The van der Waals surface area contributed by atoms with Crippen molar-refractivity contribution in [2.24, 2.45) is 0 Å². The summed E-state index contributed by atoms with van der Waals surface area (Å²) in [4.78, 5) is 0. The zero-order valence-electron chi connectivity index (χ0n) is 11.1. The average Bonchev–Trinajstić information content (AvgIpc) is 2.93. The molecule has 5 nitrogen and oxygen atoms in total. The molecule has 0 aliphatic rings. The fraction of sp³-hybridized carbons (Fsp3) is 0.0714. The van der Waals surface area contributed by atoms with Crippen molar-refractivity contribution in [3.05, 3.63) is 52.3 Å². The Morgan fingerprint density at radius 1 is 1.19 bits per heavy atom. The number of nitrogens with two attached hydrogens (primary N) is 1. The maximum atomic E-state index is 13.7. The molecular formula is C14H11BrFN5. The number of nitrogens with zero attached hydrogens (tertiary/aromatic N) is 4. The van der Waals surface area contributed by atoms with Gasteiger partial charge < -0.3 is 5.73 Å². The second-order valence-corrected chi connectivity index (χ2v) is 5.46. The van der Waals surface area contributed by atoms with Crippen LogP contribution < -0.4 is 5.73 Å². The van der Waals surface area contributed by atoms with Gasteiger partial charge in [0, 0.05) is 17.3 Å². The van der Waals surface area contributed by atoms with Crippen molar-refractivity contribution in [3.8, 4) is 17.1 Å². The number of nitrogen functional groups attached to an aromatic ring is 1. The summed E-state index contributed by atoms with van der Waals surface area (Å²) in [5.41, 5.74) is 8.83. The van der Waals surface area contributed by atoms with Gasteiger partial charge in [0.05, 0.1) is 10.2 Å². The van der Waals surface area contributed by atoms with Gasteiger partial charge in [0.15, 0.2) is 5.82 Å². The molecule has 1 aromatic heterocycles. The molecular weight excluding hydrogens is 337 g/mol. The first-order valence-electron chi connectivity index (χ1n) is 6.16. The number of hydrogen-bond donors (Lipinski definition) is 1. The van der Waals surface area contributed by atoms with Crippen molar-refractivity contribution in [2.45, 2.75) is 6.92 Å². The summed E-state index contributed by atoms with van der Waals surface area (Å²) >= 11 is 3.12. The molecule has 0 aliphatic heterocycles. The van der Waals surface area contributed by atoms with Crippen LogP contribution >= 0.6 is 15.9 Å². The Kier molecular flexibility index (Phi) is 3.42. The van der Waals surface area contributed by atoms with Gasteiger partial charge in [0.25, 0.3) is 0 Å². The van der Waals surface area contributed by atoms with Crippen LogP contribution in [0.15, 0.2) is 40.9 Å². The monoisotopic (exact) mass is 347 g/mol. The van der Waals surface area contributed by atoms with Crippen molar-refractivity contribution in [1.82, 2.24) is 20.2 Å². The number of tetrazole rings is 1. The molecule has 0 amide bonds. The van der Waals surface area contributed by atoms with Gasteiger partial charge in [-0.25, -0.2) is 4.39 Å². The van der Waals surface area contributed by atoms with Crippen molar-refractivity contribution >= 4 is 21.6 Å². The molecule has 2 N–H and O–H groups in total. The Hall–Kier alpha value is -2.28. The Balaban J connectivity index is 2.17. The topological polar surface area (TPSA) is 69.6 Å². The van der Waals surface area contributed by atoms with Crippen LogP contribution in [0.25, 0.3) is 17.1 Å². The summed E-state index contributed by atoms with van der Waals surface area (Å²) in [6.45, 7) is 1.95. The molecule has 0 unspecified atom stereocenters. The highest BCUT2D eigenvalue weighted by molar-refractivity contribution is 9.10. The van der Waals surface area contributed by atoms with Gasteiger partial charge >= 0.3 is 0 Å². The van der Waals surface area contributed by atoms with Crippen LogP contribution in [0.4, 0.5) is 10.1 Å². The van der Waals surface area contributed by atoms with Gasteiger partial charge in [-0.05, 0) is 57.5 Å². The first-order chi connectivity index (χ1) is 10.1. The van der Waals surface area contributed by atoms with Gasteiger partial charge in [-0.3, -0.25) is 0 Å². The number of halogens is 2. The molecule has 106 valence electrons. The minimum atomic E-state index is -0.383. The van der Waals surface area contributed by atoms with E-state index in [1.165, 1.54) is 10.7 Å². The second kappa shape index (κ2) is 5.25. The lowest BCUT2D eigenvalue weighted by Gasteiger charge is -2.08. The molecule has 7 heteroatoms. The SMILES string of the molecule is Cc1ccc(N)c(-c2nnnn2-c2ccc(Br)c(F)c2)c1. The summed E-state index contributed by atoms with van der Waals surface area (Å²) < 4.78 is 15.5. The van der Waals surface area contributed by atoms with Crippen LogP contribution in [0.1, 0.15) is 5.56 Å². The zero-order valence-corrected chi connectivity index (χ0v) is 12.7. The highest BCUT2D eigenvalue weighted by atomic mass is 79.9. The molecule has 0 spiro atoms. The van der Waals surface area contributed by atoms with Crippen LogP contribution in [0, 0.1) is 12.7 Å². The van der Waals surface area contributed by atoms with E-state index in [0.29, 0.717) is 27.2 Å². The van der Waals surface area contributed by atoms with E-state index in [4.69, 9.17) is 5.73 Å². The third-order valence-corrected chi connectivity index (χ3v) is 3.71. The van der Waals surface area contributed by atoms with Gasteiger partial charge in [0.2, 0.25) is 0 Å². The summed E-state index contributed by atoms with van der Waals surface area (Å²) in [5, 5.41) is 11.6. The summed E-state index contributed by atoms with van der Waals surface area (Å²) in [5.74, 6) is 0.0871. The van der Waals surface area contributed by atoms with Crippen LogP contribution in [-0.4, -0.2) is 20.2 Å². The molecule has 0 atom stereocenters. The van der Waals surface area contributed by atoms with Crippen molar-refractivity contribution in [3.63, 3.8) is 0 Å². The molecule has 2 aromatic carbocycles. The van der Waals surface area contributed by atoms with E-state index in [-0.39, 0.29) is 5.82 Å². The smallest absolute Gasteiger partial charge is 0.189 e. The normalized spacial score (nSPS) is 10.8. The highest BCUT2D eigenvalue weighted by Crippen LogP contribution is 2.27. The number of anilines is 1. The Labute approximate surface area is 128 Å². The lowest BCUT2D eigenvalue weighted by atomic mass is 10.1. The molecule has 0 saturated carbocycles. The highest BCUT2D eigenvalue weighted by Gasteiger charge is 2.14. The number of hydrogen-bond acceptors (Lipinski definition) is 4. The van der Waals surface area contributed by atoms with E-state index in [0.717, 1.165) is 5.56 Å². The van der Waals surface area contributed by atoms with Crippen LogP contribution in [0.5, 0.6) is 0 Å². The van der Waals surface area contributed by atoms with E-state index < -0.39 is 0 Å². The Bertz CT molecular complexity index is 815. The van der Waals surface area contributed by atoms with Crippen molar-refractivity contribution in [1.29, 1.82) is 0 Å².